The molecule has 1 atom stereocenters. The Morgan fingerprint density at radius 1 is 1.24 bits per heavy atom. The van der Waals surface area contributed by atoms with Crippen molar-refractivity contribution in [2.45, 2.75) is 38.8 Å². The number of carbonyl (C=O) groups is 2. The van der Waals surface area contributed by atoms with Gasteiger partial charge in [0, 0.05) is 16.1 Å². The van der Waals surface area contributed by atoms with E-state index >= 15 is 0 Å². The molecule has 1 rings (SSSR count). The van der Waals surface area contributed by atoms with Gasteiger partial charge in [-0.3, -0.25) is 14.4 Å². The van der Waals surface area contributed by atoms with Crippen LogP contribution >= 0.6 is 23.2 Å². The molecule has 0 aromatic heterocycles. The van der Waals surface area contributed by atoms with Crippen LogP contribution in [0.2, 0.25) is 10.0 Å². The molecule has 0 bridgehead atoms. The van der Waals surface area contributed by atoms with Crippen LogP contribution in [0.5, 0.6) is 5.75 Å². The molecule has 0 heterocycles. The molecule has 6 nitrogen and oxygen atoms in total. The van der Waals surface area contributed by atoms with Crippen molar-refractivity contribution in [3.8, 4) is 5.75 Å². The summed E-state index contributed by atoms with van der Waals surface area (Å²) in [6.07, 6.45) is 2.56. The summed E-state index contributed by atoms with van der Waals surface area (Å²) in [5.74, 6) is -0.339. The van der Waals surface area contributed by atoms with E-state index in [0.29, 0.717) is 22.2 Å². The van der Waals surface area contributed by atoms with E-state index in [9.17, 15) is 9.59 Å². The highest BCUT2D eigenvalue weighted by atomic mass is 35.5. The second kappa shape index (κ2) is 9.65. The maximum absolute atomic E-state index is 12.5. The van der Waals surface area contributed by atoms with E-state index in [4.69, 9.17) is 27.9 Å². The fourth-order valence-electron chi connectivity index (χ4n) is 1.94. The predicted molar refractivity (Wildman–Crippen MR) is 97.7 cm³/mol. The lowest BCUT2D eigenvalue weighted by Crippen LogP contribution is -2.48. The van der Waals surface area contributed by atoms with Crippen LogP contribution in [0.3, 0.4) is 0 Å². The number of halogens is 2. The lowest BCUT2D eigenvalue weighted by molar-refractivity contribution is -0.129. The Labute approximate surface area is 157 Å². The smallest absolute Gasteiger partial charge is 0.267 e. The number of ether oxygens (including phenoxy) is 1. The molecular weight excluding hydrogens is 367 g/mol. The van der Waals surface area contributed by atoms with Crippen molar-refractivity contribution in [3.63, 3.8) is 0 Å². The number of nitrogens with one attached hydrogen (secondary N) is 2. The number of hydrogen-bond donors (Lipinski definition) is 2. The van der Waals surface area contributed by atoms with Crippen LogP contribution in [0.15, 0.2) is 30.4 Å². The highest BCUT2D eigenvalue weighted by molar-refractivity contribution is 6.34. The second-order valence-corrected chi connectivity index (χ2v) is 6.71. The van der Waals surface area contributed by atoms with Crippen molar-refractivity contribution in [1.29, 1.82) is 0 Å². The predicted octanol–water partition coefficient (Wildman–Crippen LogP) is 3.28. The van der Waals surface area contributed by atoms with Gasteiger partial charge in [-0.15, -0.1) is 0 Å². The largest absolute Gasteiger partial charge is 0.481 e. The Hall–Kier alpha value is -1.76. The maximum atomic E-state index is 12.5. The number of hydroxylamine groups is 1. The molecule has 1 aromatic rings. The van der Waals surface area contributed by atoms with Crippen LogP contribution in [0.4, 0.5) is 0 Å². The molecule has 138 valence electrons. The van der Waals surface area contributed by atoms with Crippen molar-refractivity contribution in [2.75, 3.05) is 7.11 Å². The number of hydrogen-bond acceptors (Lipinski definition) is 4. The fourth-order valence-corrected chi connectivity index (χ4v) is 2.45. The van der Waals surface area contributed by atoms with Gasteiger partial charge in [-0.2, -0.15) is 0 Å². The number of carbonyl (C=O) groups excluding carboxylic acids is 2. The summed E-state index contributed by atoms with van der Waals surface area (Å²) < 4.78 is 5.69. The molecule has 0 fully saturated rings. The molecular formula is C17H22Cl2N2O4. The third-order valence-corrected chi connectivity index (χ3v) is 3.51. The number of rotatable bonds is 8. The highest BCUT2D eigenvalue weighted by Crippen LogP contribution is 2.25. The minimum absolute atomic E-state index is 0.319. The monoisotopic (exact) mass is 388 g/mol. The van der Waals surface area contributed by atoms with Gasteiger partial charge in [-0.25, -0.2) is 5.48 Å². The first-order valence-corrected chi connectivity index (χ1v) is 8.39. The average Bonchev–Trinajstić information content (AvgIpc) is 2.49. The summed E-state index contributed by atoms with van der Waals surface area (Å²) in [7, 11) is 1.34. The van der Waals surface area contributed by atoms with Gasteiger partial charge in [-0.1, -0.05) is 36.2 Å². The molecule has 0 saturated carbocycles. The topological polar surface area (TPSA) is 76.7 Å². The van der Waals surface area contributed by atoms with Gasteiger partial charge in [0.15, 0.2) is 6.10 Å². The molecule has 0 unspecified atom stereocenters. The van der Waals surface area contributed by atoms with E-state index < -0.39 is 17.6 Å². The molecule has 2 N–H and O–H groups in total. The maximum Gasteiger partial charge on any atom is 0.267 e. The average molecular weight is 389 g/mol. The van der Waals surface area contributed by atoms with E-state index in [1.807, 2.05) is 6.92 Å². The minimum Gasteiger partial charge on any atom is -0.481 e. The van der Waals surface area contributed by atoms with E-state index in [1.165, 1.54) is 13.2 Å². The molecule has 0 aliphatic rings. The van der Waals surface area contributed by atoms with Gasteiger partial charge in [-0.05, 0) is 38.5 Å². The Balaban J connectivity index is 2.76. The summed E-state index contributed by atoms with van der Waals surface area (Å²) in [5, 5.41) is 3.66. The Kier molecular flexibility index (Phi) is 8.22. The molecule has 1 aromatic carbocycles. The van der Waals surface area contributed by atoms with Crippen molar-refractivity contribution >= 4 is 35.0 Å². The van der Waals surface area contributed by atoms with E-state index in [2.05, 4.69) is 15.6 Å². The van der Waals surface area contributed by atoms with Crippen LogP contribution in [0, 0.1) is 0 Å². The summed E-state index contributed by atoms with van der Waals surface area (Å²) in [6, 6.07) is 4.75. The van der Waals surface area contributed by atoms with Crippen molar-refractivity contribution in [2.24, 2.45) is 0 Å². The normalized spacial score (nSPS) is 12.7. The standard InChI is InChI=1S/C17H22Cl2N2O4/c1-5-14(25-13-9-11(18)8-12(19)10-13)16(23)20-17(2,3)7-6-15(22)21-24-4/h6-10,14H,5H2,1-4H3,(H,20,23)(H,21,22)/b7-6+/t14-/m1/s1. The molecule has 2 amide bonds. The first-order valence-electron chi connectivity index (χ1n) is 7.64. The van der Waals surface area contributed by atoms with Gasteiger partial charge < -0.3 is 10.1 Å². The quantitative estimate of drug-likeness (QED) is 0.529. The van der Waals surface area contributed by atoms with Crippen LogP contribution < -0.4 is 15.5 Å². The summed E-state index contributed by atoms with van der Waals surface area (Å²) >= 11 is 11.9. The second-order valence-electron chi connectivity index (χ2n) is 5.83. The molecule has 0 radical (unpaired) electrons. The first kappa shape index (κ1) is 21.3. The van der Waals surface area contributed by atoms with Gasteiger partial charge in [0.05, 0.1) is 12.6 Å². The fraction of sp³-hybridized carbons (Fsp3) is 0.412. The molecule has 0 aliphatic heterocycles. The van der Waals surface area contributed by atoms with Crippen LogP contribution in [-0.2, 0) is 14.4 Å². The molecule has 0 saturated heterocycles. The van der Waals surface area contributed by atoms with Crippen LogP contribution in [0.25, 0.3) is 0 Å². The zero-order valence-corrected chi connectivity index (χ0v) is 16.1. The third-order valence-electron chi connectivity index (χ3n) is 3.08. The molecule has 0 aliphatic carbocycles. The lowest BCUT2D eigenvalue weighted by Gasteiger charge is -2.26. The van der Waals surface area contributed by atoms with Crippen LogP contribution in [0.1, 0.15) is 27.2 Å². The van der Waals surface area contributed by atoms with Gasteiger partial charge in [0.25, 0.3) is 11.8 Å². The molecule has 8 heteroatoms. The van der Waals surface area contributed by atoms with E-state index in [1.54, 1.807) is 38.1 Å². The zero-order valence-electron chi connectivity index (χ0n) is 14.6. The van der Waals surface area contributed by atoms with Gasteiger partial charge in [0.2, 0.25) is 0 Å². The van der Waals surface area contributed by atoms with Crippen molar-refractivity contribution in [1.82, 2.24) is 10.8 Å². The Morgan fingerprint density at radius 3 is 2.36 bits per heavy atom. The Bertz CT molecular complexity index is 627. The Morgan fingerprint density at radius 2 is 1.84 bits per heavy atom. The number of benzene rings is 1. The van der Waals surface area contributed by atoms with Crippen molar-refractivity contribution < 1.29 is 19.2 Å². The highest BCUT2D eigenvalue weighted by Gasteiger charge is 2.25. The summed E-state index contributed by atoms with van der Waals surface area (Å²) in [5.41, 5.74) is 1.40. The zero-order chi connectivity index (χ0) is 19.0. The van der Waals surface area contributed by atoms with Crippen LogP contribution in [-0.4, -0.2) is 30.6 Å². The lowest BCUT2D eigenvalue weighted by atomic mass is 10.0. The first-order chi connectivity index (χ1) is 11.7. The summed E-state index contributed by atoms with van der Waals surface area (Å²) in [4.78, 5) is 28.4. The SMILES string of the molecule is CC[C@@H](Oc1cc(Cl)cc(Cl)c1)C(=O)NC(C)(C)/C=C/C(=O)NOC. The third kappa shape index (κ3) is 7.77. The molecule has 25 heavy (non-hydrogen) atoms. The molecule has 0 spiro atoms. The van der Waals surface area contributed by atoms with Crippen molar-refractivity contribution in [3.05, 3.63) is 40.4 Å². The van der Waals surface area contributed by atoms with Gasteiger partial charge >= 0.3 is 0 Å². The summed E-state index contributed by atoms with van der Waals surface area (Å²) in [6.45, 7) is 5.33. The number of amides is 2. The van der Waals surface area contributed by atoms with Gasteiger partial charge in [0.1, 0.15) is 5.75 Å². The minimum atomic E-state index is -0.759. The van der Waals surface area contributed by atoms with E-state index in [-0.39, 0.29) is 5.91 Å². The van der Waals surface area contributed by atoms with E-state index in [0.717, 1.165) is 0 Å².